The van der Waals surface area contributed by atoms with E-state index >= 15 is 0 Å². The standard InChI is InChI=1S/C15H21NO2/c1-12-7-9-16(10-8-12)14-4-2-3-13(11-14)5-6-15(17)18/h2-4,11-12H,5-10H2,1H3,(H,17,18). The molecule has 0 bridgehead atoms. The highest BCUT2D eigenvalue weighted by atomic mass is 16.4. The lowest BCUT2D eigenvalue weighted by Gasteiger charge is -2.32. The molecule has 3 nitrogen and oxygen atoms in total. The minimum Gasteiger partial charge on any atom is -0.481 e. The number of nitrogens with zero attached hydrogens (tertiary/aromatic N) is 1. The lowest BCUT2D eigenvalue weighted by molar-refractivity contribution is -0.136. The highest BCUT2D eigenvalue weighted by molar-refractivity contribution is 5.67. The van der Waals surface area contributed by atoms with Crippen molar-refractivity contribution in [3.63, 3.8) is 0 Å². The van der Waals surface area contributed by atoms with E-state index in [0.29, 0.717) is 6.42 Å². The second-order valence-corrected chi connectivity index (χ2v) is 5.23. The van der Waals surface area contributed by atoms with Crippen molar-refractivity contribution in [1.82, 2.24) is 0 Å². The maximum atomic E-state index is 10.6. The Morgan fingerprint density at radius 1 is 1.39 bits per heavy atom. The molecular weight excluding hydrogens is 226 g/mol. The van der Waals surface area contributed by atoms with Gasteiger partial charge in [-0.3, -0.25) is 4.79 Å². The van der Waals surface area contributed by atoms with Crippen LogP contribution in [0.2, 0.25) is 0 Å². The molecule has 1 aromatic carbocycles. The van der Waals surface area contributed by atoms with E-state index in [-0.39, 0.29) is 6.42 Å². The summed E-state index contributed by atoms with van der Waals surface area (Å²) in [4.78, 5) is 13.0. The van der Waals surface area contributed by atoms with Crippen molar-refractivity contribution in [2.24, 2.45) is 5.92 Å². The first-order valence-corrected chi connectivity index (χ1v) is 6.71. The number of carboxylic acid groups (broad SMARTS) is 1. The average molecular weight is 247 g/mol. The first-order valence-electron chi connectivity index (χ1n) is 6.71. The molecule has 1 heterocycles. The molecule has 2 rings (SSSR count). The van der Waals surface area contributed by atoms with Gasteiger partial charge in [0.2, 0.25) is 0 Å². The van der Waals surface area contributed by atoms with Gasteiger partial charge in [0.1, 0.15) is 0 Å². The number of carboxylic acids is 1. The summed E-state index contributed by atoms with van der Waals surface area (Å²) in [6.45, 7) is 4.54. The number of hydrogen-bond donors (Lipinski definition) is 1. The summed E-state index contributed by atoms with van der Waals surface area (Å²) in [5.74, 6) is 0.101. The van der Waals surface area contributed by atoms with Gasteiger partial charge in [0.25, 0.3) is 0 Å². The average Bonchev–Trinajstić information content (AvgIpc) is 2.37. The number of anilines is 1. The largest absolute Gasteiger partial charge is 0.481 e. The molecule has 1 aromatic rings. The van der Waals surface area contributed by atoms with Crippen LogP contribution in [-0.2, 0) is 11.2 Å². The topological polar surface area (TPSA) is 40.5 Å². The zero-order chi connectivity index (χ0) is 13.0. The third-order valence-electron chi connectivity index (χ3n) is 3.69. The molecule has 98 valence electrons. The highest BCUT2D eigenvalue weighted by Gasteiger charge is 2.16. The molecule has 3 heteroatoms. The fourth-order valence-electron chi connectivity index (χ4n) is 2.43. The Kier molecular flexibility index (Phi) is 4.24. The monoisotopic (exact) mass is 247 g/mol. The van der Waals surface area contributed by atoms with Crippen LogP contribution in [0.1, 0.15) is 31.7 Å². The van der Waals surface area contributed by atoms with Crippen molar-refractivity contribution in [3.8, 4) is 0 Å². The molecule has 0 atom stereocenters. The number of piperidine rings is 1. The van der Waals surface area contributed by atoms with Crippen molar-refractivity contribution in [1.29, 1.82) is 0 Å². The first-order chi connectivity index (χ1) is 8.65. The maximum absolute atomic E-state index is 10.6. The van der Waals surface area contributed by atoms with E-state index in [0.717, 1.165) is 24.6 Å². The smallest absolute Gasteiger partial charge is 0.303 e. The summed E-state index contributed by atoms with van der Waals surface area (Å²) >= 11 is 0. The quantitative estimate of drug-likeness (QED) is 0.889. The number of hydrogen-bond acceptors (Lipinski definition) is 2. The molecular formula is C15H21NO2. The minimum absolute atomic E-state index is 0.209. The Morgan fingerprint density at radius 3 is 2.78 bits per heavy atom. The van der Waals surface area contributed by atoms with Crippen molar-refractivity contribution >= 4 is 11.7 Å². The third kappa shape index (κ3) is 3.49. The van der Waals surface area contributed by atoms with Gasteiger partial charge in [-0.2, -0.15) is 0 Å². The van der Waals surface area contributed by atoms with Gasteiger partial charge >= 0.3 is 5.97 Å². The normalized spacial score (nSPS) is 16.8. The zero-order valence-corrected chi connectivity index (χ0v) is 10.9. The number of aryl methyl sites for hydroxylation is 1. The third-order valence-corrected chi connectivity index (χ3v) is 3.69. The molecule has 1 aliphatic heterocycles. The zero-order valence-electron chi connectivity index (χ0n) is 10.9. The van der Waals surface area contributed by atoms with Crippen LogP contribution in [0.4, 0.5) is 5.69 Å². The van der Waals surface area contributed by atoms with Gasteiger partial charge in [-0.15, -0.1) is 0 Å². The van der Waals surface area contributed by atoms with Crippen LogP contribution in [0.25, 0.3) is 0 Å². The molecule has 0 aliphatic carbocycles. The highest BCUT2D eigenvalue weighted by Crippen LogP contribution is 2.23. The number of aliphatic carboxylic acids is 1. The van der Waals surface area contributed by atoms with Crippen LogP contribution in [0.15, 0.2) is 24.3 Å². The molecule has 0 spiro atoms. The Hall–Kier alpha value is -1.51. The number of carbonyl (C=O) groups is 1. The van der Waals surface area contributed by atoms with Gasteiger partial charge in [-0.05, 0) is 42.9 Å². The minimum atomic E-state index is -0.729. The van der Waals surface area contributed by atoms with Crippen molar-refractivity contribution in [3.05, 3.63) is 29.8 Å². The first kappa shape index (κ1) is 12.9. The van der Waals surface area contributed by atoms with E-state index in [4.69, 9.17) is 5.11 Å². The summed E-state index contributed by atoms with van der Waals surface area (Å²) in [7, 11) is 0. The van der Waals surface area contributed by atoms with E-state index in [9.17, 15) is 4.79 Å². The number of benzene rings is 1. The Morgan fingerprint density at radius 2 is 2.11 bits per heavy atom. The summed E-state index contributed by atoms with van der Waals surface area (Å²) in [5, 5.41) is 8.71. The van der Waals surface area contributed by atoms with Crippen LogP contribution in [0.5, 0.6) is 0 Å². The predicted octanol–water partition coefficient (Wildman–Crippen LogP) is 2.94. The van der Waals surface area contributed by atoms with Crippen LogP contribution in [0.3, 0.4) is 0 Å². The molecule has 1 aliphatic rings. The molecule has 0 aromatic heterocycles. The van der Waals surface area contributed by atoms with Crippen molar-refractivity contribution < 1.29 is 9.90 Å². The van der Waals surface area contributed by atoms with E-state index in [2.05, 4.69) is 24.0 Å². The SMILES string of the molecule is CC1CCN(c2cccc(CCC(=O)O)c2)CC1. The van der Waals surface area contributed by atoms with Gasteiger partial charge in [0.05, 0.1) is 0 Å². The molecule has 0 radical (unpaired) electrons. The molecule has 0 amide bonds. The second-order valence-electron chi connectivity index (χ2n) is 5.23. The van der Waals surface area contributed by atoms with Gasteiger partial charge in [-0.1, -0.05) is 19.1 Å². The van der Waals surface area contributed by atoms with Crippen LogP contribution in [0, 0.1) is 5.92 Å². The maximum Gasteiger partial charge on any atom is 0.303 e. The molecule has 1 saturated heterocycles. The molecule has 1 N–H and O–H groups in total. The molecule has 0 saturated carbocycles. The fraction of sp³-hybridized carbons (Fsp3) is 0.533. The van der Waals surface area contributed by atoms with E-state index < -0.39 is 5.97 Å². The van der Waals surface area contributed by atoms with Crippen LogP contribution < -0.4 is 4.90 Å². The summed E-state index contributed by atoms with van der Waals surface area (Å²) < 4.78 is 0. The van der Waals surface area contributed by atoms with Crippen molar-refractivity contribution in [2.75, 3.05) is 18.0 Å². The second kappa shape index (κ2) is 5.89. The van der Waals surface area contributed by atoms with Gasteiger partial charge in [-0.25, -0.2) is 0 Å². The summed E-state index contributed by atoms with van der Waals surface area (Å²) in [5.41, 5.74) is 2.36. The fourth-order valence-corrected chi connectivity index (χ4v) is 2.43. The summed E-state index contributed by atoms with van der Waals surface area (Å²) in [6.07, 6.45) is 3.33. The lowest BCUT2D eigenvalue weighted by Crippen LogP contribution is -2.32. The van der Waals surface area contributed by atoms with Crippen LogP contribution in [-0.4, -0.2) is 24.2 Å². The Bertz CT molecular complexity index is 409. The Labute approximate surface area is 108 Å². The van der Waals surface area contributed by atoms with E-state index in [1.54, 1.807) is 0 Å². The lowest BCUT2D eigenvalue weighted by atomic mass is 9.98. The predicted molar refractivity (Wildman–Crippen MR) is 73.0 cm³/mol. The Balaban J connectivity index is 2.00. The summed E-state index contributed by atoms with van der Waals surface area (Å²) in [6, 6.07) is 8.31. The molecule has 1 fully saturated rings. The van der Waals surface area contributed by atoms with Gasteiger partial charge < -0.3 is 10.0 Å². The molecule has 0 unspecified atom stereocenters. The van der Waals surface area contributed by atoms with Crippen LogP contribution >= 0.6 is 0 Å². The van der Waals surface area contributed by atoms with E-state index in [1.165, 1.54) is 18.5 Å². The molecule has 18 heavy (non-hydrogen) atoms. The van der Waals surface area contributed by atoms with Crippen molar-refractivity contribution in [2.45, 2.75) is 32.6 Å². The number of rotatable bonds is 4. The van der Waals surface area contributed by atoms with Gasteiger partial charge in [0, 0.05) is 25.2 Å². The van der Waals surface area contributed by atoms with Gasteiger partial charge in [0.15, 0.2) is 0 Å². The van der Waals surface area contributed by atoms with E-state index in [1.807, 2.05) is 12.1 Å².